The lowest BCUT2D eigenvalue weighted by Gasteiger charge is -2.13. The first-order valence-corrected chi connectivity index (χ1v) is 6.61. The van der Waals surface area contributed by atoms with E-state index in [0.29, 0.717) is 23.7 Å². The topological polar surface area (TPSA) is 42.2 Å². The normalized spacial score (nSPS) is 10.7. The Hall–Kier alpha value is -1.29. The fourth-order valence-corrected chi connectivity index (χ4v) is 2.46. The van der Waals surface area contributed by atoms with Crippen LogP contribution in [0.3, 0.4) is 0 Å². The van der Waals surface area contributed by atoms with Crippen LogP contribution in [0.2, 0.25) is 10.0 Å². The molecule has 0 saturated carbocycles. The van der Waals surface area contributed by atoms with Crippen LogP contribution in [0.25, 0.3) is 0 Å². The van der Waals surface area contributed by atoms with Crippen molar-refractivity contribution in [2.24, 2.45) is 0 Å². The van der Waals surface area contributed by atoms with E-state index >= 15 is 0 Å². The summed E-state index contributed by atoms with van der Waals surface area (Å²) in [5.74, 6) is 0. The molecule has 0 fully saturated rings. The fourth-order valence-electron chi connectivity index (χ4n) is 1.92. The Balaban J connectivity index is 2.32. The molecule has 0 amide bonds. The van der Waals surface area contributed by atoms with Crippen molar-refractivity contribution in [2.75, 3.05) is 0 Å². The van der Waals surface area contributed by atoms with Gasteiger partial charge in [-0.3, -0.25) is 4.79 Å². The number of aliphatic hydroxyl groups excluding tert-OH is 1. The number of aryl methyl sites for hydroxylation is 1. The van der Waals surface area contributed by atoms with Crippen LogP contribution in [0.4, 0.5) is 0 Å². The number of pyridine rings is 1. The average molecular weight is 298 g/mol. The van der Waals surface area contributed by atoms with Crippen LogP contribution in [0.1, 0.15) is 11.3 Å². The van der Waals surface area contributed by atoms with Crippen molar-refractivity contribution in [1.29, 1.82) is 0 Å². The van der Waals surface area contributed by atoms with Crippen molar-refractivity contribution in [3.8, 4) is 0 Å². The van der Waals surface area contributed by atoms with E-state index in [1.165, 1.54) is 10.6 Å². The summed E-state index contributed by atoms with van der Waals surface area (Å²) >= 11 is 11.8. The van der Waals surface area contributed by atoms with E-state index in [4.69, 9.17) is 23.2 Å². The van der Waals surface area contributed by atoms with Crippen LogP contribution in [-0.4, -0.2) is 9.67 Å². The van der Waals surface area contributed by atoms with Gasteiger partial charge in [-0.1, -0.05) is 53.5 Å². The number of benzene rings is 1. The minimum absolute atomic E-state index is 0.0651. The van der Waals surface area contributed by atoms with Gasteiger partial charge in [0.1, 0.15) is 5.02 Å². The highest BCUT2D eigenvalue weighted by Gasteiger charge is 2.11. The maximum Gasteiger partial charge on any atom is 0.269 e. The number of aliphatic hydroxyl groups is 1. The van der Waals surface area contributed by atoms with Gasteiger partial charge in [0.05, 0.1) is 17.3 Å². The lowest BCUT2D eigenvalue weighted by atomic mass is 10.1. The Morgan fingerprint density at radius 3 is 2.42 bits per heavy atom. The van der Waals surface area contributed by atoms with E-state index in [9.17, 15) is 9.90 Å². The Bertz CT molecular complexity index is 623. The van der Waals surface area contributed by atoms with E-state index in [1.807, 2.05) is 30.3 Å². The number of aromatic nitrogens is 1. The van der Waals surface area contributed by atoms with E-state index < -0.39 is 0 Å². The molecule has 0 aliphatic heterocycles. The maximum atomic E-state index is 12.0. The fraction of sp³-hybridized carbons (Fsp3) is 0.214. The third kappa shape index (κ3) is 3.18. The zero-order valence-electron chi connectivity index (χ0n) is 10.1. The molecule has 5 heteroatoms. The molecule has 0 atom stereocenters. The number of nitrogens with zero attached hydrogens (tertiary/aromatic N) is 1. The average Bonchev–Trinajstić information content (AvgIpc) is 2.42. The highest BCUT2D eigenvalue weighted by Crippen LogP contribution is 2.18. The Morgan fingerprint density at radius 1 is 1.11 bits per heavy atom. The van der Waals surface area contributed by atoms with Crippen LogP contribution in [0.15, 0.2) is 41.2 Å². The molecule has 0 saturated heterocycles. The summed E-state index contributed by atoms with van der Waals surface area (Å²) in [6, 6.07) is 11.2. The molecule has 0 bridgehead atoms. The Kier molecular flexibility index (Phi) is 4.64. The molecule has 0 aliphatic rings. The summed E-state index contributed by atoms with van der Waals surface area (Å²) in [4.78, 5) is 12.0. The predicted octanol–water partition coefficient (Wildman–Crippen LogP) is 2.89. The molecule has 2 aromatic rings. The first kappa shape index (κ1) is 14.1. The molecule has 1 aromatic carbocycles. The van der Waals surface area contributed by atoms with Gasteiger partial charge in [-0.05, 0) is 18.1 Å². The predicted molar refractivity (Wildman–Crippen MR) is 76.8 cm³/mol. The second kappa shape index (κ2) is 6.24. The smallest absolute Gasteiger partial charge is 0.269 e. The summed E-state index contributed by atoms with van der Waals surface area (Å²) in [6.07, 6.45) is 0.671. The van der Waals surface area contributed by atoms with E-state index in [2.05, 4.69) is 0 Å². The zero-order chi connectivity index (χ0) is 13.8. The summed E-state index contributed by atoms with van der Waals surface area (Å²) in [5.41, 5.74) is 1.17. The first-order chi connectivity index (χ1) is 9.13. The molecule has 1 aromatic heterocycles. The van der Waals surface area contributed by atoms with Gasteiger partial charge in [0.25, 0.3) is 5.56 Å². The van der Waals surface area contributed by atoms with Crippen molar-refractivity contribution >= 4 is 23.2 Å². The first-order valence-electron chi connectivity index (χ1n) is 5.86. The molecule has 0 radical (unpaired) electrons. The lowest BCUT2D eigenvalue weighted by Crippen LogP contribution is -2.25. The van der Waals surface area contributed by atoms with Crippen LogP contribution >= 0.6 is 23.2 Å². The van der Waals surface area contributed by atoms with Crippen molar-refractivity contribution < 1.29 is 5.11 Å². The Labute approximate surface area is 121 Å². The summed E-state index contributed by atoms with van der Waals surface area (Å²) < 4.78 is 1.43. The van der Waals surface area contributed by atoms with Crippen LogP contribution in [0, 0.1) is 0 Å². The van der Waals surface area contributed by atoms with Gasteiger partial charge in [0.2, 0.25) is 0 Å². The van der Waals surface area contributed by atoms with Gasteiger partial charge in [0, 0.05) is 6.54 Å². The van der Waals surface area contributed by atoms with Gasteiger partial charge < -0.3 is 9.67 Å². The van der Waals surface area contributed by atoms with Crippen LogP contribution < -0.4 is 5.56 Å². The third-order valence-electron chi connectivity index (χ3n) is 2.92. The maximum absolute atomic E-state index is 12.0. The second-order valence-corrected chi connectivity index (χ2v) is 4.95. The van der Waals surface area contributed by atoms with Crippen LogP contribution in [-0.2, 0) is 19.6 Å². The van der Waals surface area contributed by atoms with Crippen molar-refractivity contribution in [3.05, 3.63) is 68.1 Å². The standard InChI is InChI=1S/C14H13Cl2NO2/c15-11-8-12(16)14(19)17(13(11)9-18)7-6-10-4-2-1-3-5-10/h1-5,8,18H,6-7,9H2. The molecule has 0 unspecified atom stereocenters. The molecule has 1 heterocycles. The van der Waals surface area contributed by atoms with Gasteiger partial charge in [0.15, 0.2) is 0 Å². The Morgan fingerprint density at radius 2 is 1.79 bits per heavy atom. The molecule has 100 valence electrons. The van der Waals surface area contributed by atoms with E-state index in [-0.39, 0.29) is 17.2 Å². The molecule has 3 nitrogen and oxygen atoms in total. The molecule has 1 N–H and O–H groups in total. The molecule has 19 heavy (non-hydrogen) atoms. The molecule has 0 spiro atoms. The van der Waals surface area contributed by atoms with Gasteiger partial charge in [-0.25, -0.2) is 0 Å². The summed E-state index contributed by atoms with van der Waals surface area (Å²) in [7, 11) is 0. The monoisotopic (exact) mass is 297 g/mol. The largest absolute Gasteiger partial charge is 0.390 e. The number of hydrogen-bond acceptors (Lipinski definition) is 2. The summed E-state index contributed by atoms with van der Waals surface area (Å²) in [5, 5.41) is 9.70. The quantitative estimate of drug-likeness (QED) is 0.943. The van der Waals surface area contributed by atoms with Gasteiger partial charge >= 0.3 is 0 Å². The minimum Gasteiger partial charge on any atom is -0.390 e. The summed E-state index contributed by atoms with van der Waals surface area (Å²) in [6.45, 7) is 0.138. The molecular weight excluding hydrogens is 285 g/mol. The van der Waals surface area contributed by atoms with Crippen molar-refractivity contribution in [1.82, 2.24) is 4.57 Å². The van der Waals surface area contributed by atoms with E-state index in [1.54, 1.807) is 0 Å². The van der Waals surface area contributed by atoms with Gasteiger partial charge in [-0.2, -0.15) is 0 Å². The number of rotatable bonds is 4. The minimum atomic E-state index is -0.328. The molecular formula is C14H13Cl2NO2. The van der Waals surface area contributed by atoms with Crippen molar-refractivity contribution in [3.63, 3.8) is 0 Å². The number of halogens is 2. The molecule has 0 aliphatic carbocycles. The third-order valence-corrected chi connectivity index (χ3v) is 3.52. The van der Waals surface area contributed by atoms with Gasteiger partial charge in [-0.15, -0.1) is 0 Å². The SMILES string of the molecule is O=c1c(Cl)cc(Cl)c(CO)n1CCc1ccccc1. The number of hydrogen-bond donors (Lipinski definition) is 1. The lowest BCUT2D eigenvalue weighted by molar-refractivity contribution is 0.268. The van der Waals surface area contributed by atoms with Crippen molar-refractivity contribution in [2.45, 2.75) is 19.6 Å². The van der Waals surface area contributed by atoms with Crippen LogP contribution in [0.5, 0.6) is 0 Å². The highest BCUT2D eigenvalue weighted by molar-refractivity contribution is 6.34. The highest BCUT2D eigenvalue weighted by atomic mass is 35.5. The zero-order valence-corrected chi connectivity index (χ0v) is 11.7. The molecule has 2 rings (SSSR count). The van der Waals surface area contributed by atoms with E-state index in [0.717, 1.165) is 5.56 Å². The second-order valence-electron chi connectivity index (χ2n) is 4.14.